The van der Waals surface area contributed by atoms with Gasteiger partial charge in [0, 0.05) is 13.1 Å². The summed E-state index contributed by atoms with van der Waals surface area (Å²) in [6.45, 7) is 3.74. The molecule has 2 heterocycles. The molecule has 0 radical (unpaired) electrons. The number of hydrogen-bond acceptors (Lipinski definition) is 4. The number of carboxylic acid groups (broad SMARTS) is 1. The highest BCUT2D eigenvalue weighted by molar-refractivity contribution is 5.87. The number of carboxylic acids is 1. The summed E-state index contributed by atoms with van der Waals surface area (Å²) in [6, 6.07) is 1.52. The summed E-state index contributed by atoms with van der Waals surface area (Å²) in [5.41, 5.74) is -0.469. The number of likely N-dealkylation sites (tertiary alicyclic amines) is 1. The van der Waals surface area contributed by atoms with Crippen LogP contribution >= 0.6 is 0 Å². The van der Waals surface area contributed by atoms with Gasteiger partial charge in [0.05, 0.1) is 17.7 Å². The van der Waals surface area contributed by atoms with Crippen LogP contribution in [0.15, 0.2) is 16.7 Å². The van der Waals surface area contributed by atoms with Gasteiger partial charge in [0.15, 0.2) is 0 Å². The third-order valence-electron chi connectivity index (χ3n) is 2.81. The second-order valence-corrected chi connectivity index (χ2v) is 4.56. The number of furan rings is 1. The minimum atomic E-state index is -0.983. The van der Waals surface area contributed by atoms with Gasteiger partial charge in [0.2, 0.25) is 0 Å². The Morgan fingerprint density at radius 3 is 2.94 bits per heavy atom. The van der Waals surface area contributed by atoms with Crippen LogP contribution in [0.2, 0.25) is 0 Å². The number of β-amino-alcohol motifs (C(OH)–C–C–N with tert-alkyl or cyclic N) is 1. The van der Waals surface area contributed by atoms with Gasteiger partial charge >= 0.3 is 5.97 Å². The summed E-state index contributed by atoms with van der Waals surface area (Å²) in [5, 5.41) is 18.5. The highest BCUT2D eigenvalue weighted by Crippen LogP contribution is 2.22. The van der Waals surface area contributed by atoms with Crippen molar-refractivity contribution in [3.63, 3.8) is 0 Å². The molecule has 2 rings (SSSR count). The fourth-order valence-corrected chi connectivity index (χ4v) is 1.97. The lowest BCUT2D eigenvalue weighted by Gasteiger charge is -2.17. The first kappa shape index (κ1) is 11.2. The topological polar surface area (TPSA) is 73.9 Å². The molecule has 0 amide bonds. The zero-order valence-electron chi connectivity index (χ0n) is 9.14. The minimum absolute atomic E-state index is 0.168. The Labute approximate surface area is 93.3 Å². The highest BCUT2D eigenvalue weighted by Gasteiger charge is 2.31. The summed E-state index contributed by atoms with van der Waals surface area (Å²) in [4.78, 5) is 12.7. The molecule has 1 aliphatic heterocycles. The van der Waals surface area contributed by atoms with Gasteiger partial charge in [-0.2, -0.15) is 0 Å². The molecule has 1 fully saturated rings. The second kappa shape index (κ2) is 3.92. The van der Waals surface area contributed by atoms with Gasteiger partial charge < -0.3 is 14.6 Å². The molecule has 88 valence electrons. The average Bonchev–Trinajstić information content (AvgIpc) is 2.73. The molecule has 1 unspecified atom stereocenters. The Hall–Kier alpha value is -1.33. The molecule has 1 saturated heterocycles. The number of rotatable bonds is 3. The van der Waals surface area contributed by atoms with Crippen molar-refractivity contribution in [2.75, 3.05) is 13.1 Å². The quantitative estimate of drug-likeness (QED) is 0.800. The van der Waals surface area contributed by atoms with Crippen molar-refractivity contribution >= 4 is 5.97 Å². The van der Waals surface area contributed by atoms with E-state index in [1.165, 1.54) is 12.3 Å². The maximum absolute atomic E-state index is 10.6. The maximum Gasteiger partial charge on any atom is 0.338 e. The standard InChI is InChI=1S/C11H15NO4/c1-11(15)2-3-12(7-11)5-9-4-8(6-16-9)10(13)14/h4,6,15H,2-3,5,7H2,1H3,(H,13,14). The summed E-state index contributed by atoms with van der Waals surface area (Å²) in [7, 11) is 0. The van der Waals surface area contributed by atoms with E-state index in [0.29, 0.717) is 18.8 Å². The van der Waals surface area contributed by atoms with E-state index in [9.17, 15) is 9.90 Å². The Bertz CT molecular complexity index is 396. The summed E-state index contributed by atoms with van der Waals surface area (Å²) < 4.78 is 5.15. The maximum atomic E-state index is 10.6. The third-order valence-corrected chi connectivity index (χ3v) is 2.81. The molecule has 0 saturated carbocycles. The van der Waals surface area contributed by atoms with Crippen molar-refractivity contribution in [1.82, 2.24) is 4.90 Å². The minimum Gasteiger partial charge on any atom is -0.478 e. The monoisotopic (exact) mass is 225 g/mol. The normalized spacial score (nSPS) is 26.1. The van der Waals surface area contributed by atoms with Crippen LogP contribution in [-0.4, -0.2) is 39.8 Å². The van der Waals surface area contributed by atoms with E-state index in [1.807, 2.05) is 4.90 Å². The van der Waals surface area contributed by atoms with Gasteiger partial charge in [-0.15, -0.1) is 0 Å². The molecular formula is C11H15NO4. The molecule has 16 heavy (non-hydrogen) atoms. The summed E-state index contributed by atoms with van der Waals surface area (Å²) in [6.07, 6.45) is 1.98. The van der Waals surface area contributed by atoms with Gasteiger partial charge in [0.1, 0.15) is 12.0 Å². The van der Waals surface area contributed by atoms with Crippen LogP contribution in [0.25, 0.3) is 0 Å². The van der Waals surface area contributed by atoms with Crippen LogP contribution in [0.5, 0.6) is 0 Å². The van der Waals surface area contributed by atoms with Gasteiger partial charge in [-0.25, -0.2) is 4.79 Å². The predicted octanol–water partition coefficient (Wildman–Crippen LogP) is 0.935. The van der Waals surface area contributed by atoms with Crippen LogP contribution in [0.4, 0.5) is 0 Å². The zero-order valence-corrected chi connectivity index (χ0v) is 9.14. The van der Waals surface area contributed by atoms with Crippen LogP contribution < -0.4 is 0 Å². The zero-order chi connectivity index (χ0) is 11.8. The van der Waals surface area contributed by atoms with E-state index in [4.69, 9.17) is 9.52 Å². The number of nitrogens with zero attached hydrogens (tertiary/aromatic N) is 1. The van der Waals surface area contributed by atoms with E-state index in [-0.39, 0.29) is 5.56 Å². The first-order valence-corrected chi connectivity index (χ1v) is 5.22. The molecule has 1 atom stereocenters. The smallest absolute Gasteiger partial charge is 0.338 e. The molecule has 1 aromatic rings. The van der Waals surface area contributed by atoms with Gasteiger partial charge in [-0.05, 0) is 19.4 Å². The fourth-order valence-electron chi connectivity index (χ4n) is 1.97. The van der Waals surface area contributed by atoms with Crippen molar-refractivity contribution in [3.05, 3.63) is 23.7 Å². The fraction of sp³-hybridized carbons (Fsp3) is 0.545. The summed E-state index contributed by atoms with van der Waals surface area (Å²) >= 11 is 0. The molecule has 2 N–H and O–H groups in total. The average molecular weight is 225 g/mol. The Morgan fingerprint density at radius 2 is 2.44 bits per heavy atom. The lowest BCUT2D eigenvalue weighted by molar-refractivity contribution is 0.0668. The van der Waals surface area contributed by atoms with Crippen molar-refractivity contribution in [1.29, 1.82) is 0 Å². The third kappa shape index (κ3) is 2.43. The van der Waals surface area contributed by atoms with Gasteiger partial charge in [-0.3, -0.25) is 4.90 Å². The molecule has 0 spiro atoms. The number of hydrogen-bond donors (Lipinski definition) is 2. The molecule has 5 nitrogen and oxygen atoms in total. The molecular weight excluding hydrogens is 210 g/mol. The lowest BCUT2D eigenvalue weighted by atomic mass is 10.1. The van der Waals surface area contributed by atoms with Crippen molar-refractivity contribution < 1.29 is 19.4 Å². The summed E-state index contributed by atoms with van der Waals surface area (Å²) in [5.74, 6) is -0.362. The van der Waals surface area contributed by atoms with Crippen molar-refractivity contribution in [3.8, 4) is 0 Å². The Kier molecular flexibility index (Phi) is 2.73. The van der Waals surface area contributed by atoms with E-state index in [1.54, 1.807) is 6.92 Å². The lowest BCUT2D eigenvalue weighted by Crippen LogP contribution is -2.29. The van der Waals surface area contributed by atoms with Crippen LogP contribution in [0.3, 0.4) is 0 Å². The van der Waals surface area contributed by atoms with Crippen LogP contribution in [0.1, 0.15) is 29.5 Å². The second-order valence-electron chi connectivity index (χ2n) is 4.56. The molecule has 0 aromatic carbocycles. The van der Waals surface area contributed by atoms with E-state index >= 15 is 0 Å². The van der Waals surface area contributed by atoms with Gasteiger partial charge in [-0.1, -0.05) is 0 Å². The first-order chi connectivity index (χ1) is 7.46. The van der Waals surface area contributed by atoms with Crippen LogP contribution in [-0.2, 0) is 6.54 Å². The molecule has 1 aromatic heterocycles. The Morgan fingerprint density at radius 1 is 1.69 bits per heavy atom. The van der Waals surface area contributed by atoms with Crippen molar-refractivity contribution in [2.45, 2.75) is 25.5 Å². The number of aliphatic hydroxyl groups is 1. The molecule has 0 bridgehead atoms. The van der Waals surface area contributed by atoms with Crippen LogP contribution in [0, 0.1) is 0 Å². The first-order valence-electron chi connectivity index (χ1n) is 5.22. The van der Waals surface area contributed by atoms with Gasteiger partial charge in [0.25, 0.3) is 0 Å². The number of aromatic carboxylic acids is 1. The number of carbonyl (C=O) groups is 1. The largest absolute Gasteiger partial charge is 0.478 e. The van der Waals surface area contributed by atoms with E-state index in [0.717, 1.165) is 13.0 Å². The molecule has 5 heteroatoms. The predicted molar refractivity (Wildman–Crippen MR) is 56.2 cm³/mol. The van der Waals surface area contributed by atoms with E-state index < -0.39 is 11.6 Å². The SMILES string of the molecule is CC1(O)CCN(Cc2cc(C(=O)O)co2)C1. The Balaban J connectivity index is 1.97. The van der Waals surface area contributed by atoms with E-state index in [2.05, 4.69) is 0 Å². The molecule has 1 aliphatic rings. The molecule has 0 aliphatic carbocycles. The highest BCUT2D eigenvalue weighted by atomic mass is 16.4. The van der Waals surface area contributed by atoms with Crippen molar-refractivity contribution in [2.24, 2.45) is 0 Å².